The van der Waals surface area contributed by atoms with E-state index in [9.17, 15) is 30.7 Å². The average Bonchev–Trinajstić information content (AvgIpc) is 3.30. The van der Waals surface area contributed by atoms with E-state index in [1.807, 2.05) is 60.0 Å². The number of aliphatic imine (C=N–C) groups is 1. The predicted molar refractivity (Wildman–Crippen MR) is 190 cm³/mol. The monoisotopic (exact) mass is 749 g/mol. The number of hydrogen-bond acceptors (Lipinski definition) is 11. The quantitative estimate of drug-likeness (QED) is 0.0194. The van der Waals surface area contributed by atoms with Gasteiger partial charge in [-0.05, 0) is 60.9 Å². The van der Waals surface area contributed by atoms with E-state index in [-0.39, 0.29) is 30.3 Å². The minimum absolute atomic E-state index is 0.104. The number of allylic oxidation sites excluding steroid dienone is 2. The molecule has 2 N–H and O–H groups in total. The van der Waals surface area contributed by atoms with Crippen LogP contribution in [-0.4, -0.2) is 74.9 Å². The Morgan fingerprint density at radius 1 is 0.980 bits per heavy atom. The third-order valence-corrected chi connectivity index (χ3v) is 10.6. The zero-order valence-corrected chi connectivity index (χ0v) is 30.4. The van der Waals surface area contributed by atoms with Gasteiger partial charge in [0.25, 0.3) is 20.2 Å². The van der Waals surface area contributed by atoms with Crippen LogP contribution in [0.4, 0.5) is 11.4 Å². The van der Waals surface area contributed by atoms with Crippen molar-refractivity contribution in [2.24, 2.45) is 4.99 Å². The second kappa shape index (κ2) is 17.6. The molecule has 0 radical (unpaired) electrons. The fourth-order valence-electron chi connectivity index (χ4n) is 6.13. The molecular formula is C34H41N2O11S3+. The summed E-state index contributed by atoms with van der Waals surface area (Å²) < 4.78 is 79.9. The van der Waals surface area contributed by atoms with Gasteiger partial charge in [0.15, 0.2) is 5.71 Å². The molecule has 16 heteroatoms. The minimum atomic E-state index is -4.67. The molecule has 1 atom stereocenters. The molecule has 0 saturated carbocycles. The lowest BCUT2D eigenvalue weighted by Crippen LogP contribution is -2.32. The molecule has 0 aromatic heterocycles. The SMILES string of the molecule is COOOSc1cc(S(=O)(=O)O)cc2c3c(ccc12)[N+](CCCS(=O)(=O)O)=C(C=CCC=Nc1ccccc1)C3(C)CCCCCC(=O)OC. The van der Waals surface area contributed by atoms with Crippen LogP contribution in [0, 0.1) is 0 Å². The number of fused-ring (bicyclic) bond motifs is 3. The maximum atomic E-state index is 12.5. The topological polar surface area (TPSA) is 178 Å². The van der Waals surface area contributed by atoms with Crippen LogP contribution < -0.4 is 0 Å². The molecule has 13 nitrogen and oxygen atoms in total. The van der Waals surface area contributed by atoms with Gasteiger partial charge in [-0.3, -0.25) is 18.9 Å². The molecule has 1 heterocycles. The molecule has 0 bridgehead atoms. The normalized spacial score (nSPS) is 16.6. The largest absolute Gasteiger partial charge is 0.469 e. The highest BCUT2D eigenvalue weighted by atomic mass is 32.2. The van der Waals surface area contributed by atoms with E-state index in [1.165, 1.54) is 26.4 Å². The molecule has 1 aliphatic rings. The van der Waals surface area contributed by atoms with Gasteiger partial charge < -0.3 is 4.74 Å². The van der Waals surface area contributed by atoms with Crippen molar-refractivity contribution in [3.05, 3.63) is 72.3 Å². The molecule has 4 rings (SSSR count). The van der Waals surface area contributed by atoms with Crippen molar-refractivity contribution in [2.75, 3.05) is 26.5 Å². The van der Waals surface area contributed by atoms with Crippen LogP contribution >= 0.6 is 12.0 Å². The number of esters is 1. The first-order valence-electron chi connectivity index (χ1n) is 15.8. The molecule has 0 saturated heterocycles. The Hall–Kier alpha value is -3.48. The van der Waals surface area contributed by atoms with Crippen LogP contribution in [0.1, 0.15) is 57.4 Å². The van der Waals surface area contributed by atoms with E-state index in [0.29, 0.717) is 65.5 Å². The third-order valence-electron chi connectivity index (χ3n) is 8.35. The standard InChI is InChI=1S/C34H40N2O11S3/c1-34(19-10-5-8-16-32(37)44-2)31(15-9-11-20-35-25-13-6-4-7-14-25)36(21-12-22-49(38,39)40)29-18-17-27-28(33(29)34)23-26(50(41,42)43)24-30(27)48-47-46-45-3/h4,6-7,9,13-15,17-18,20,23-24H,5,8,10-12,16,19,21-22H2,1-3H3,(H-,38,39,40,41,42,43)/p+1. The van der Waals surface area contributed by atoms with Crippen molar-refractivity contribution in [2.45, 2.75) is 67.1 Å². The van der Waals surface area contributed by atoms with Crippen molar-refractivity contribution >= 4 is 72.3 Å². The molecule has 50 heavy (non-hydrogen) atoms. The van der Waals surface area contributed by atoms with Crippen molar-refractivity contribution in [3.63, 3.8) is 0 Å². The Morgan fingerprint density at radius 2 is 1.74 bits per heavy atom. The lowest BCUT2D eigenvalue weighted by Gasteiger charge is -2.24. The highest BCUT2D eigenvalue weighted by Gasteiger charge is 2.48. The van der Waals surface area contributed by atoms with Crippen LogP contribution in [0.25, 0.3) is 10.8 Å². The Balaban J connectivity index is 1.87. The molecule has 270 valence electrons. The van der Waals surface area contributed by atoms with Crippen molar-refractivity contribution in [1.82, 2.24) is 0 Å². The van der Waals surface area contributed by atoms with E-state index >= 15 is 0 Å². The molecule has 3 aromatic rings. The molecule has 0 spiro atoms. The highest BCUT2D eigenvalue weighted by molar-refractivity contribution is 7.94. The first-order valence-corrected chi connectivity index (χ1v) is 19.6. The number of methoxy groups -OCH3 is 1. The number of rotatable bonds is 19. The van der Waals surface area contributed by atoms with Gasteiger partial charge in [-0.1, -0.05) is 42.2 Å². The number of hydrogen-bond donors (Lipinski definition) is 2. The Labute approximate surface area is 296 Å². The first kappa shape index (κ1) is 39.3. The zero-order valence-electron chi connectivity index (χ0n) is 28.0. The number of nitrogens with zero attached hydrogens (tertiary/aromatic N) is 2. The van der Waals surface area contributed by atoms with E-state index in [4.69, 9.17) is 9.07 Å². The lowest BCUT2D eigenvalue weighted by molar-refractivity contribution is -0.447. The van der Waals surface area contributed by atoms with E-state index in [2.05, 4.69) is 14.9 Å². The summed E-state index contributed by atoms with van der Waals surface area (Å²) in [7, 11) is -6.31. The van der Waals surface area contributed by atoms with Crippen LogP contribution in [-0.2, 0) is 49.4 Å². The first-order chi connectivity index (χ1) is 23.8. The zero-order chi connectivity index (χ0) is 36.4. The molecule has 0 aliphatic carbocycles. The van der Waals surface area contributed by atoms with Crippen LogP contribution in [0.3, 0.4) is 0 Å². The van der Waals surface area contributed by atoms with Crippen molar-refractivity contribution in [3.8, 4) is 0 Å². The molecule has 1 aliphatic heterocycles. The van der Waals surface area contributed by atoms with Crippen LogP contribution in [0.15, 0.2) is 81.5 Å². The van der Waals surface area contributed by atoms with Gasteiger partial charge in [0.2, 0.25) is 5.69 Å². The second-order valence-electron chi connectivity index (χ2n) is 11.8. The van der Waals surface area contributed by atoms with E-state index in [1.54, 1.807) is 12.3 Å². The van der Waals surface area contributed by atoms with Gasteiger partial charge in [-0.25, -0.2) is 4.89 Å². The smallest absolute Gasteiger partial charge is 0.305 e. The predicted octanol–water partition coefficient (Wildman–Crippen LogP) is 6.71. The summed E-state index contributed by atoms with van der Waals surface area (Å²) in [6.07, 6.45) is 9.09. The van der Waals surface area contributed by atoms with Crippen molar-refractivity contribution in [1.29, 1.82) is 0 Å². The average molecular weight is 750 g/mol. The van der Waals surface area contributed by atoms with Gasteiger partial charge >= 0.3 is 5.97 Å². The highest BCUT2D eigenvalue weighted by Crippen LogP contribution is 2.49. The van der Waals surface area contributed by atoms with Crippen molar-refractivity contribution < 1.29 is 54.3 Å². The van der Waals surface area contributed by atoms with E-state index < -0.39 is 31.4 Å². The summed E-state index contributed by atoms with van der Waals surface area (Å²) in [6, 6.07) is 15.8. The Kier molecular flexibility index (Phi) is 13.9. The van der Waals surface area contributed by atoms with Crippen LogP contribution in [0.5, 0.6) is 0 Å². The van der Waals surface area contributed by atoms with Gasteiger partial charge in [-0.15, -0.1) is 4.33 Å². The van der Waals surface area contributed by atoms with Gasteiger partial charge in [0.05, 0.1) is 48.0 Å². The molecule has 0 amide bonds. The summed E-state index contributed by atoms with van der Waals surface area (Å²) in [5, 5.41) is 5.69. The summed E-state index contributed by atoms with van der Waals surface area (Å²) >= 11 is 0.705. The minimum Gasteiger partial charge on any atom is -0.469 e. The fourth-order valence-corrected chi connectivity index (χ4v) is 7.83. The summed E-state index contributed by atoms with van der Waals surface area (Å²) in [6.45, 7) is 2.25. The summed E-state index contributed by atoms with van der Waals surface area (Å²) in [5.74, 6) is -0.754. The summed E-state index contributed by atoms with van der Waals surface area (Å²) in [5.41, 5.74) is 2.32. The number of benzene rings is 3. The Bertz CT molecular complexity index is 1980. The Morgan fingerprint density at radius 3 is 2.42 bits per heavy atom. The number of ether oxygens (including phenoxy) is 1. The van der Waals surface area contributed by atoms with Crippen LogP contribution in [0.2, 0.25) is 0 Å². The number of unbranched alkanes of at least 4 members (excludes halogenated alkanes) is 2. The fraction of sp³-hybridized carbons (Fsp3) is 0.382. The molecule has 1 unspecified atom stereocenters. The number of carbonyl (C=O) groups is 1. The molecular weight excluding hydrogens is 709 g/mol. The van der Waals surface area contributed by atoms with E-state index in [0.717, 1.165) is 17.0 Å². The molecule has 0 fully saturated rings. The second-order valence-corrected chi connectivity index (χ2v) is 15.5. The maximum absolute atomic E-state index is 12.5. The van der Waals surface area contributed by atoms with Gasteiger partial charge in [0, 0.05) is 48.1 Å². The van der Waals surface area contributed by atoms with Gasteiger partial charge in [0.1, 0.15) is 6.54 Å². The molecule has 3 aromatic carbocycles. The maximum Gasteiger partial charge on any atom is 0.305 e. The van der Waals surface area contributed by atoms with Gasteiger partial charge in [-0.2, -0.15) is 21.4 Å². The number of carbonyl (C=O) groups excluding carboxylic acids is 1. The third kappa shape index (κ3) is 10.3. The lowest BCUT2D eigenvalue weighted by atomic mass is 9.73. The summed E-state index contributed by atoms with van der Waals surface area (Å²) in [4.78, 5) is 20.7. The number of para-hydroxylation sites is 1.